The van der Waals surface area contributed by atoms with Crippen molar-refractivity contribution in [2.24, 2.45) is 0 Å². The van der Waals surface area contributed by atoms with Gasteiger partial charge in [-0.3, -0.25) is 5.73 Å². The molecule has 0 aliphatic heterocycles. The predicted octanol–water partition coefficient (Wildman–Crippen LogP) is 1.66. The van der Waals surface area contributed by atoms with Crippen LogP contribution in [0.25, 0.3) is 0 Å². The molecule has 0 atom stereocenters. The van der Waals surface area contributed by atoms with Crippen molar-refractivity contribution in [2.75, 3.05) is 14.2 Å². The second-order valence-corrected chi connectivity index (χ2v) is 2.80. The topological polar surface area (TPSA) is 42.3 Å². The van der Waals surface area contributed by atoms with Gasteiger partial charge in [0.25, 0.3) is 0 Å². The summed E-state index contributed by atoms with van der Waals surface area (Å²) < 4.78 is 10.0. The van der Waals surface area contributed by atoms with Gasteiger partial charge in [0, 0.05) is 0 Å². The molecule has 0 heterocycles. The third kappa shape index (κ3) is 2.09. The van der Waals surface area contributed by atoms with Gasteiger partial charge in [0.15, 0.2) is 0 Å². The predicted molar refractivity (Wildman–Crippen MR) is 54.3 cm³/mol. The molecule has 1 rings (SSSR count). The van der Waals surface area contributed by atoms with E-state index in [0.717, 1.165) is 0 Å². The first kappa shape index (κ1) is 9.80. The lowest BCUT2D eigenvalue weighted by Gasteiger charge is -2.07. The minimum Gasteiger partial charge on any atom is -0.497 e. The third-order valence-electron chi connectivity index (χ3n) is 1.65. The first-order chi connectivity index (χ1) is 6.19. The molecule has 0 unspecified atom stereocenters. The molecule has 1 aromatic carbocycles. The number of hydrogen-bond donors (Lipinski definition) is 0. The van der Waals surface area contributed by atoms with Crippen LogP contribution in [0.15, 0.2) is 18.2 Å². The summed E-state index contributed by atoms with van der Waals surface area (Å²) in [7, 11) is 3.11. The number of hydrogen-bond acceptors (Lipinski definition) is 3. The zero-order valence-electron chi connectivity index (χ0n) is 7.46. The van der Waals surface area contributed by atoms with Gasteiger partial charge in [-0.1, -0.05) is 12.2 Å². The van der Waals surface area contributed by atoms with E-state index in [-0.39, 0.29) is 4.99 Å². The molecule has 0 bridgehead atoms. The number of methoxy groups -OCH3 is 2. The largest absolute Gasteiger partial charge is 0.497 e. The third-order valence-corrected chi connectivity index (χ3v) is 1.87. The van der Waals surface area contributed by atoms with Crippen molar-refractivity contribution in [3.63, 3.8) is 0 Å². The molecule has 0 aliphatic rings. The smallest absolute Gasteiger partial charge is 0.129 e. The van der Waals surface area contributed by atoms with E-state index < -0.39 is 0 Å². The molecule has 3 nitrogen and oxygen atoms in total. The highest BCUT2D eigenvalue weighted by molar-refractivity contribution is 7.80. The normalized spacial score (nSPS) is 9.38. The van der Waals surface area contributed by atoms with Crippen LogP contribution in [0.2, 0.25) is 0 Å². The second kappa shape index (κ2) is 4.09. The first-order valence-corrected chi connectivity index (χ1v) is 4.08. The maximum atomic E-state index is 7.33. The molecular weight excluding hydrogens is 186 g/mol. The first-order valence-electron chi connectivity index (χ1n) is 3.67. The van der Waals surface area contributed by atoms with Crippen molar-refractivity contribution in [3.8, 4) is 11.5 Å². The standard InChI is InChI=1S/C9H10NO2S/c1-11-6-3-4-8(12-2)7(5-6)9(10)13/h3-5,10H,1-2H3. The molecule has 13 heavy (non-hydrogen) atoms. The van der Waals surface area contributed by atoms with Crippen LogP contribution in [0.3, 0.4) is 0 Å². The summed E-state index contributed by atoms with van der Waals surface area (Å²) >= 11 is 4.75. The molecule has 0 amide bonds. The lowest BCUT2D eigenvalue weighted by molar-refractivity contribution is 0.402. The number of benzene rings is 1. The van der Waals surface area contributed by atoms with E-state index in [1.54, 1.807) is 32.4 Å². The molecule has 0 saturated heterocycles. The van der Waals surface area contributed by atoms with Gasteiger partial charge in [-0.2, -0.15) is 0 Å². The molecule has 1 N–H and O–H groups in total. The van der Waals surface area contributed by atoms with Gasteiger partial charge in [-0.05, 0) is 18.2 Å². The minimum atomic E-state index is 0.0516. The molecule has 0 fully saturated rings. The molecule has 0 aromatic heterocycles. The van der Waals surface area contributed by atoms with Crippen LogP contribution in [0.4, 0.5) is 0 Å². The van der Waals surface area contributed by atoms with Crippen molar-refractivity contribution in [1.82, 2.24) is 5.73 Å². The second-order valence-electron chi connectivity index (χ2n) is 2.40. The highest BCUT2D eigenvalue weighted by atomic mass is 32.1. The average molecular weight is 196 g/mol. The van der Waals surface area contributed by atoms with Gasteiger partial charge in [-0.15, -0.1) is 0 Å². The molecular formula is C9H10NO2S. The van der Waals surface area contributed by atoms with Gasteiger partial charge in [0.1, 0.15) is 16.5 Å². The maximum absolute atomic E-state index is 7.33. The average Bonchev–Trinajstić information content (AvgIpc) is 2.16. The zero-order valence-corrected chi connectivity index (χ0v) is 8.27. The Labute approximate surface area is 82.5 Å². The summed E-state index contributed by atoms with van der Waals surface area (Å²) in [5.74, 6) is 1.27. The van der Waals surface area contributed by atoms with Crippen molar-refractivity contribution in [3.05, 3.63) is 23.8 Å². The summed E-state index contributed by atoms with van der Waals surface area (Å²) in [4.78, 5) is 0.0516. The van der Waals surface area contributed by atoms with Crippen molar-refractivity contribution < 1.29 is 9.47 Å². The molecule has 0 spiro atoms. The lowest BCUT2D eigenvalue weighted by Crippen LogP contribution is -2.01. The van der Waals surface area contributed by atoms with E-state index in [4.69, 9.17) is 27.4 Å². The van der Waals surface area contributed by atoms with E-state index >= 15 is 0 Å². The van der Waals surface area contributed by atoms with E-state index in [1.807, 2.05) is 0 Å². The Kier molecular flexibility index (Phi) is 3.08. The SMILES string of the molecule is COc1ccc(OC)c(C([NH])=S)c1. The van der Waals surface area contributed by atoms with Gasteiger partial charge in [0.05, 0.1) is 19.8 Å². The lowest BCUT2D eigenvalue weighted by atomic mass is 10.2. The highest BCUT2D eigenvalue weighted by Crippen LogP contribution is 2.23. The molecule has 0 aliphatic carbocycles. The van der Waals surface area contributed by atoms with Crippen LogP contribution < -0.4 is 15.2 Å². The van der Waals surface area contributed by atoms with Crippen LogP contribution in [0.1, 0.15) is 5.56 Å². The summed E-state index contributed by atoms with van der Waals surface area (Å²) in [6.07, 6.45) is 0. The van der Waals surface area contributed by atoms with E-state index in [0.29, 0.717) is 17.1 Å². The quantitative estimate of drug-likeness (QED) is 0.690. The monoisotopic (exact) mass is 196 g/mol. The Morgan fingerprint density at radius 2 is 2.00 bits per heavy atom. The van der Waals surface area contributed by atoms with E-state index in [1.165, 1.54) is 0 Å². The van der Waals surface area contributed by atoms with Crippen LogP contribution in [0.5, 0.6) is 11.5 Å². The Morgan fingerprint density at radius 1 is 1.31 bits per heavy atom. The molecule has 0 saturated carbocycles. The van der Waals surface area contributed by atoms with Gasteiger partial charge < -0.3 is 9.47 Å². The maximum Gasteiger partial charge on any atom is 0.129 e. The fraction of sp³-hybridized carbons (Fsp3) is 0.222. The summed E-state index contributed by atoms with van der Waals surface area (Å²) in [6.45, 7) is 0. The number of ether oxygens (including phenoxy) is 2. The number of thiocarbonyl (C=S) groups is 1. The summed E-state index contributed by atoms with van der Waals surface area (Å²) in [5, 5.41) is 0. The zero-order chi connectivity index (χ0) is 9.84. The molecule has 1 aromatic rings. The van der Waals surface area contributed by atoms with E-state index in [2.05, 4.69) is 0 Å². The van der Waals surface area contributed by atoms with Gasteiger partial charge in [0.2, 0.25) is 0 Å². The van der Waals surface area contributed by atoms with Crippen molar-refractivity contribution in [1.29, 1.82) is 0 Å². The van der Waals surface area contributed by atoms with E-state index in [9.17, 15) is 0 Å². The Morgan fingerprint density at radius 3 is 2.46 bits per heavy atom. The molecule has 4 heteroatoms. The fourth-order valence-corrected chi connectivity index (χ4v) is 1.15. The Balaban J connectivity index is 3.18. The van der Waals surface area contributed by atoms with Gasteiger partial charge >= 0.3 is 0 Å². The van der Waals surface area contributed by atoms with Crippen LogP contribution in [0, 0.1) is 0 Å². The van der Waals surface area contributed by atoms with Crippen molar-refractivity contribution in [2.45, 2.75) is 0 Å². The summed E-state index contributed by atoms with van der Waals surface area (Å²) in [6, 6.07) is 5.18. The number of nitrogens with one attached hydrogen (secondary N) is 1. The number of rotatable bonds is 3. The molecule has 69 valence electrons. The van der Waals surface area contributed by atoms with Crippen LogP contribution in [-0.2, 0) is 0 Å². The van der Waals surface area contributed by atoms with Crippen LogP contribution in [-0.4, -0.2) is 19.2 Å². The Bertz CT molecular complexity index is 325. The fourth-order valence-electron chi connectivity index (χ4n) is 0.992. The van der Waals surface area contributed by atoms with Crippen LogP contribution >= 0.6 is 12.2 Å². The summed E-state index contributed by atoms with van der Waals surface area (Å²) in [5.41, 5.74) is 7.91. The Hall–Kier alpha value is -1.29. The minimum absolute atomic E-state index is 0.0516. The molecule has 1 radical (unpaired) electrons. The highest BCUT2D eigenvalue weighted by Gasteiger charge is 2.07. The van der Waals surface area contributed by atoms with Crippen molar-refractivity contribution >= 4 is 17.2 Å². The van der Waals surface area contributed by atoms with Gasteiger partial charge in [-0.25, -0.2) is 0 Å².